The lowest BCUT2D eigenvalue weighted by Gasteiger charge is -2.19. The van der Waals surface area contributed by atoms with Crippen LogP contribution in [0.1, 0.15) is 42.7 Å². The molecule has 1 atom stereocenters. The van der Waals surface area contributed by atoms with Gasteiger partial charge in [0.1, 0.15) is 0 Å². The van der Waals surface area contributed by atoms with Crippen LogP contribution in [0.25, 0.3) is 0 Å². The zero-order valence-electron chi connectivity index (χ0n) is 12.5. The molecule has 0 aliphatic heterocycles. The first-order valence-electron chi connectivity index (χ1n) is 7.66. The molecular weight excluding hydrogens is 262 g/mol. The van der Waals surface area contributed by atoms with Crippen LogP contribution in [0, 0.1) is 0 Å². The molecule has 2 aromatic rings. The van der Waals surface area contributed by atoms with Gasteiger partial charge in [-0.05, 0) is 31.9 Å². The van der Waals surface area contributed by atoms with Gasteiger partial charge in [0.15, 0.2) is 0 Å². The van der Waals surface area contributed by atoms with Gasteiger partial charge in [0.25, 0.3) is 0 Å². The Labute approximate surface area is 126 Å². The summed E-state index contributed by atoms with van der Waals surface area (Å²) in [5, 5.41) is 10.2. The largest absolute Gasteiger partial charge is 0.388 e. The molecular formula is C17H23N3O. The Morgan fingerprint density at radius 2 is 2.10 bits per heavy atom. The van der Waals surface area contributed by atoms with Crippen LogP contribution >= 0.6 is 0 Å². The Hall–Kier alpha value is -1.65. The van der Waals surface area contributed by atoms with Crippen molar-refractivity contribution in [1.29, 1.82) is 0 Å². The number of aliphatic hydroxyl groups excluding tert-OH is 1. The maximum atomic E-state index is 10.2. The highest BCUT2D eigenvalue weighted by atomic mass is 16.3. The molecule has 1 aromatic heterocycles. The quantitative estimate of drug-likeness (QED) is 0.850. The van der Waals surface area contributed by atoms with E-state index in [4.69, 9.17) is 0 Å². The lowest BCUT2D eigenvalue weighted by Crippen LogP contribution is -2.22. The average Bonchev–Trinajstić information content (AvgIpc) is 3.26. The summed E-state index contributed by atoms with van der Waals surface area (Å²) in [5.74, 6) is 0. The van der Waals surface area contributed by atoms with Gasteiger partial charge >= 0.3 is 0 Å². The maximum absolute atomic E-state index is 10.2. The van der Waals surface area contributed by atoms with Crippen molar-refractivity contribution in [2.24, 2.45) is 0 Å². The Kier molecular flexibility index (Phi) is 4.36. The molecule has 0 bridgehead atoms. The highest BCUT2D eigenvalue weighted by Gasteiger charge is 2.25. The van der Waals surface area contributed by atoms with Crippen LogP contribution in [0.15, 0.2) is 42.9 Å². The number of aromatic nitrogens is 2. The Bertz CT molecular complexity index is 562. The fourth-order valence-corrected chi connectivity index (χ4v) is 2.68. The third-order valence-corrected chi connectivity index (χ3v) is 4.09. The van der Waals surface area contributed by atoms with Crippen molar-refractivity contribution < 1.29 is 5.11 Å². The first-order chi connectivity index (χ1) is 10.2. The molecule has 1 aliphatic carbocycles. The number of nitrogens with zero attached hydrogens (tertiary/aromatic N) is 3. The van der Waals surface area contributed by atoms with E-state index in [9.17, 15) is 5.11 Å². The number of hydrogen-bond acceptors (Lipinski definition) is 3. The fraction of sp³-hybridized carbons (Fsp3) is 0.471. The van der Waals surface area contributed by atoms with E-state index in [-0.39, 0.29) is 6.10 Å². The molecule has 1 fully saturated rings. The first kappa shape index (κ1) is 14.3. The summed E-state index contributed by atoms with van der Waals surface area (Å²) in [5.41, 5.74) is 2.27. The third-order valence-electron chi connectivity index (χ3n) is 4.09. The second kappa shape index (κ2) is 6.41. The van der Waals surface area contributed by atoms with E-state index in [1.807, 2.05) is 42.9 Å². The molecule has 0 unspecified atom stereocenters. The Morgan fingerprint density at radius 3 is 2.81 bits per heavy atom. The van der Waals surface area contributed by atoms with Crippen LogP contribution < -0.4 is 0 Å². The summed E-state index contributed by atoms with van der Waals surface area (Å²) in [7, 11) is 2.10. The van der Waals surface area contributed by atoms with Crippen molar-refractivity contribution in [3.63, 3.8) is 0 Å². The molecule has 1 heterocycles. The van der Waals surface area contributed by atoms with Gasteiger partial charge in [-0.25, -0.2) is 4.98 Å². The van der Waals surface area contributed by atoms with Gasteiger partial charge in [-0.1, -0.05) is 30.3 Å². The third kappa shape index (κ3) is 3.71. The molecule has 0 saturated heterocycles. The van der Waals surface area contributed by atoms with Crippen LogP contribution in [0.3, 0.4) is 0 Å². The molecule has 1 aliphatic rings. The standard InChI is InChI=1S/C17H23N3O/c1-19(10-9-17(21)14-5-3-2-4-6-14)12-16-11-18-13-20(16)15-7-8-15/h2-6,11,13,15,17,21H,7-10,12H2,1H3/t17-/m1/s1. The summed E-state index contributed by atoms with van der Waals surface area (Å²) in [6, 6.07) is 10.5. The van der Waals surface area contributed by atoms with Gasteiger partial charge in [-0.15, -0.1) is 0 Å². The number of rotatable bonds is 7. The highest BCUT2D eigenvalue weighted by Crippen LogP contribution is 2.35. The van der Waals surface area contributed by atoms with E-state index < -0.39 is 0 Å². The van der Waals surface area contributed by atoms with Crippen LogP contribution in [-0.4, -0.2) is 33.1 Å². The summed E-state index contributed by atoms with van der Waals surface area (Å²) in [6.07, 6.45) is 6.82. The van der Waals surface area contributed by atoms with Crippen molar-refractivity contribution in [1.82, 2.24) is 14.5 Å². The van der Waals surface area contributed by atoms with E-state index in [2.05, 4.69) is 21.5 Å². The maximum Gasteiger partial charge on any atom is 0.0951 e. The van der Waals surface area contributed by atoms with Crippen molar-refractivity contribution in [3.8, 4) is 0 Å². The molecule has 3 rings (SSSR count). The van der Waals surface area contributed by atoms with Crippen molar-refractivity contribution in [2.45, 2.75) is 38.0 Å². The summed E-state index contributed by atoms with van der Waals surface area (Å²) < 4.78 is 2.30. The van der Waals surface area contributed by atoms with Gasteiger partial charge in [-0.2, -0.15) is 0 Å². The number of aliphatic hydroxyl groups is 1. The van der Waals surface area contributed by atoms with Crippen molar-refractivity contribution in [2.75, 3.05) is 13.6 Å². The molecule has 1 aromatic carbocycles. The predicted molar refractivity (Wildman–Crippen MR) is 82.9 cm³/mol. The zero-order valence-corrected chi connectivity index (χ0v) is 12.5. The molecule has 112 valence electrons. The average molecular weight is 285 g/mol. The van der Waals surface area contributed by atoms with Gasteiger partial charge in [0, 0.05) is 25.3 Å². The Balaban J connectivity index is 1.50. The molecule has 21 heavy (non-hydrogen) atoms. The minimum atomic E-state index is -0.387. The first-order valence-corrected chi connectivity index (χ1v) is 7.66. The molecule has 0 spiro atoms. The summed E-state index contributed by atoms with van der Waals surface area (Å²) in [4.78, 5) is 6.52. The SMILES string of the molecule is CN(CC[C@@H](O)c1ccccc1)Cc1cncn1C1CC1. The van der Waals surface area contributed by atoms with Gasteiger partial charge in [-0.3, -0.25) is 0 Å². The van der Waals surface area contributed by atoms with Gasteiger partial charge in [0.2, 0.25) is 0 Å². The summed E-state index contributed by atoms with van der Waals surface area (Å²) >= 11 is 0. The van der Waals surface area contributed by atoms with E-state index >= 15 is 0 Å². The van der Waals surface area contributed by atoms with Crippen molar-refractivity contribution in [3.05, 3.63) is 54.1 Å². The molecule has 0 amide bonds. The monoisotopic (exact) mass is 285 g/mol. The van der Waals surface area contributed by atoms with Crippen LogP contribution in [0.2, 0.25) is 0 Å². The van der Waals surface area contributed by atoms with Gasteiger partial charge < -0.3 is 14.6 Å². The lowest BCUT2D eigenvalue weighted by atomic mass is 10.1. The number of hydrogen-bond donors (Lipinski definition) is 1. The lowest BCUT2D eigenvalue weighted by molar-refractivity contribution is 0.147. The van der Waals surface area contributed by atoms with E-state index in [1.165, 1.54) is 18.5 Å². The van der Waals surface area contributed by atoms with Crippen LogP contribution in [-0.2, 0) is 6.54 Å². The van der Waals surface area contributed by atoms with Crippen LogP contribution in [0.4, 0.5) is 0 Å². The minimum absolute atomic E-state index is 0.387. The predicted octanol–water partition coefficient (Wildman–Crippen LogP) is 2.77. The minimum Gasteiger partial charge on any atom is -0.388 e. The summed E-state index contributed by atoms with van der Waals surface area (Å²) in [6.45, 7) is 1.75. The van der Waals surface area contributed by atoms with Crippen LogP contribution in [0.5, 0.6) is 0 Å². The second-order valence-corrected chi connectivity index (χ2v) is 5.98. The number of benzene rings is 1. The smallest absolute Gasteiger partial charge is 0.0951 e. The molecule has 1 saturated carbocycles. The second-order valence-electron chi connectivity index (χ2n) is 5.98. The normalized spacial score (nSPS) is 16.3. The van der Waals surface area contributed by atoms with Crippen molar-refractivity contribution >= 4 is 0 Å². The molecule has 0 radical (unpaired) electrons. The molecule has 4 heteroatoms. The topological polar surface area (TPSA) is 41.3 Å². The van der Waals surface area contributed by atoms with E-state index in [0.717, 1.165) is 25.1 Å². The zero-order chi connectivity index (χ0) is 14.7. The molecule has 1 N–H and O–H groups in total. The fourth-order valence-electron chi connectivity index (χ4n) is 2.68. The van der Waals surface area contributed by atoms with Gasteiger partial charge in [0.05, 0.1) is 18.1 Å². The Morgan fingerprint density at radius 1 is 1.33 bits per heavy atom. The highest BCUT2D eigenvalue weighted by molar-refractivity contribution is 5.17. The van der Waals surface area contributed by atoms with E-state index in [0.29, 0.717) is 6.04 Å². The molecule has 4 nitrogen and oxygen atoms in total. The number of imidazole rings is 1. The van der Waals surface area contributed by atoms with E-state index in [1.54, 1.807) is 0 Å².